The molecule has 1 aliphatic rings. The van der Waals surface area contributed by atoms with Crippen molar-refractivity contribution in [3.63, 3.8) is 0 Å². The second-order valence-corrected chi connectivity index (χ2v) is 7.57. The number of hydrogen-bond donors (Lipinski definition) is 1. The van der Waals surface area contributed by atoms with E-state index < -0.39 is 9.84 Å². The van der Waals surface area contributed by atoms with Crippen molar-refractivity contribution in [3.8, 4) is 0 Å². The first kappa shape index (κ1) is 14.9. The Morgan fingerprint density at radius 3 is 2.59 bits per heavy atom. The summed E-state index contributed by atoms with van der Waals surface area (Å²) >= 11 is 0. The van der Waals surface area contributed by atoms with Crippen molar-refractivity contribution in [2.75, 3.05) is 39.2 Å². The molecular weight excluding hydrogens is 236 g/mol. The average Bonchev–Trinajstić information content (AvgIpc) is 2.69. The number of nitrogens with one attached hydrogen (secondary N) is 1. The minimum atomic E-state index is -2.83. The first-order chi connectivity index (χ1) is 7.92. The lowest BCUT2D eigenvalue weighted by molar-refractivity contribution is 0.295. The highest BCUT2D eigenvalue weighted by atomic mass is 32.2. The van der Waals surface area contributed by atoms with E-state index in [2.05, 4.69) is 10.2 Å². The minimum Gasteiger partial charge on any atom is -0.317 e. The Morgan fingerprint density at radius 1 is 1.29 bits per heavy atom. The summed E-state index contributed by atoms with van der Waals surface area (Å²) in [6.45, 7) is 1.65. The normalized spacial score (nSPS) is 25.6. The highest BCUT2D eigenvalue weighted by molar-refractivity contribution is 7.90. The fourth-order valence-corrected chi connectivity index (χ4v) is 3.23. The van der Waals surface area contributed by atoms with Crippen molar-refractivity contribution in [1.82, 2.24) is 10.2 Å². The van der Waals surface area contributed by atoms with Crippen LogP contribution in [0.3, 0.4) is 0 Å². The second kappa shape index (κ2) is 6.71. The van der Waals surface area contributed by atoms with Crippen LogP contribution in [0.25, 0.3) is 0 Å². The van der Waals surface area contributed by atoms with Crippen LogP contribution < -0.4 is 5.32 Å². The van der Waals surface area contributed by atoms with E-state index in [1.807, 2.05) is 14.1 Å². The number of nitrogens with zero attached hydrogens (tertiary/aromatic N) is 1. The Morgan fingerprint density at radius 2 is 2.00 bits per heavy atom. The molecule has 2 atom stereocenters. The fourth-order valence-electron chi connectivity index (χ4n) is 2.58. The van der Waals surface area contributed by atoms with Crippen LogP contribution in [-0.2, 0) is 9.84 Å². The maximum Gasteiger partial charge on any atom is 0.148 e. The van der Waals surface area contributed by atoms with Gasteiger partial charge >= 0.3 is 0 Å². The lowest BCUT2D eigenvalue weighted by Crippen LogP contribution is -2.33. The predicted molar refractivity (Wildman–Crippen MR) is 72.0 cm³/mol. The molecule has 0 aromatic rings. The SMILES string of the molecule is CNC1CCCC1CCN(C)CCS(C)(=O)=O. The van der Waals surface area contributed by atoms with Gasteiger partial charge in [0, 0.05) is 18.8 Å². The summed E-state index contributed by atoms with van der Waals surface area (Å²) in [6, 6.07) is 0.665. The lowest BCUT2D eigenvalue weighted by Gasteiger charge is -2.22. The molecule has 102 valence electrons. The first-order valence-corrected chi connectivity index (χ1v) is 8.52. The monoisotopic (exact) mass is 262 g/mol. The molecule has 0 bridgehead atoms. The van der Waals surface area contributed by atoms with Crippen molar-refractivity contribution in [1.29, 1.82) is 0 Å². The van der Waals surface area contributed by atoms with Gasteiger partial charge in [-0.3, -0.25) is 0 Å². The fraction of sp³-hybridized carbons (Fsp3) is 1.00. The highest BCUT2D eigenvalue weighted by Crippen LogP contribution is 2.28. The summed E-state index contributed by atoms with van der Waals surface area (Å²) in [6.07, 6.45) is 6.39. The molecule has 0 saturated heterocycles. The maximum atomic E-state index is 11.1. The van der Waals surface area contributed by atoms with Gasteiger partial charge in [-0.25, -0.2) is 8.42 Å². The van der Waals surface area contributed by atoms with Gasteiger partial charge in [0.05, 0.1) is 5.75 Å². The van der Waals surface area contributed by atoms with Crippen LogP contribution in [0.15, 0.2) is 0 Å². The molecule has 1 aliphatic carbocycles. The smallest absolute Gasteiger partial charge is 0.148 e. The standard InChI is InChI=1S/C12H26N2O2S/c1-13-12-6-4-5-11(12)7-8-14(2)9-10-17(3,15)16/h11-13H,4-10H2,1-3H3. The topological polar surface area (TPSA) is 49.4 Å². The van der Waals surface area contributed by atoms with Gasteiger partial charge in [0.2, 0.25) is 0 Å². The molecule has 2 unspecified atom stereocenters. The van der Waals surface area contributed by atoms with Crippen molar-refractivity contribution in [2.24, 2.45) is 5.92 Å². The molecule has 0 aliphatic heterocycles. The van der Waals surface area contributed by atoms with Crippen LogP contribution in [0.4, 0.5) is 0 Å². The van der Waals surface area contributed by atoms with E-state index in [0.29, 0.717) is 12.6 Å². The second-order valence-electron chi connectivity index (χ2n) is 5.31. The number of hydrogen-bond acceptors (Lipinski definition) is 4. The Bertz CT molecular complexity index is 316. The predicted octanol–water partition coefficient (Wildman–Crippen LogP) is 0.741. The molecule has 0 aromatic heterocycles. The van der Waals surface area contributed by atoms with Gasteiger partial charge in [-0.2, -0.15) is 0 Å². The van der Waals surface area contributed by atoms with E-state index in [1.165, 1.54) is 31.9 Å². The van der Waals surface area contributed by atoms with Gasteiger partial charge in [-0.1, -0.05) is 6.42 Å². The lowest BCUT2D eigenvalue weighted by atomic mass is 9.99. The van der Waals surface area contributed by atoms with E-state index in [9.17, 15) is 8.42 Å². The van der Waals surface area contributed by atoms with Crippen LogP contribution in [0, 0.1) is 5.92 Å². The summed E-state index contributed by atoms with van der Waals surface area (Å²) in [4.78, 5) is 2.13. The van der Waals surface area contributed by atoms with E-state index in [-0.39, 0.29) is 5.75 Å². The number of rotatable bonds is 7. The molecule has 0 heterocycles. The molecule has 0 radical (unpaired) electrons. The summed E-state index contributed by atoms with van der Waals surface area (Å²) < 4.78 is 22.1. The first-order valence-electron chi connectivity index (χ1n) is 6.46. The summed E-state index contributed by atoms with van der Waals surface area (Å²) in [5.74, 6) is 1.03. The van der Waals surface area contributed by atoms with Crippen molar-refractivity contribution >= 4 is 9.84 Å². The van der Waals surface area contributed by atoms with Crippen LogP contribution in [-0.4, -0.2) is 58.6 Å². The van der Waals surface area contributed by atoms with Gasteiger partial charge in [-0.15, -0.1) is 0 Å². The van der Waals surface area contributed by atoms with Crippen LogP contribution in [0.1, 0.15) is 25.7 Å². The van der Waals surface area contributed by atoms with Gasteiger partial charge < -0.3 is 10.2 Å². The van der Waals surface area contributed by atoms with Gasteiger partial charge in [0.1, 0.15) is 9.84 Å². The minimum absolute atomic E-state index is 0.267. The zero-order valence-corrected chi connectivity index (χ0v) is 12.1. The van der Waals surface area contributed by atoms with Crippen molar-refractivity contribution in [3.05, 3.63) is 0 Å². The number of sulfone groups is 1. The van der Waals surface area contributed by atoms with Crippen LogP contribution in [0.5, 0.6) is 0 Å². The summed E-state index contributed by atoms with van der Waals surface area (Å²) in [7, 11) is 1.22. The van der Waals surface area contributed by atoms with Crippen molar-refractivity contribution in [2.45, 2.75) is 31.7 Å². The molecule has 0 spiro atoms. The van der Waals surface area contributed by atoms with Gasteiger partial charge in [0.25, 0.3) is 0 Å². The molecule has 1 fully saturated rings. The van der Waals surface area contributed by atoms with E-state index in [4.69, 9.17) is 0 Å². The van der Waals surface area contributed by atoms with Gasteiger partial charge in [0.15, 0.2) is 0 Å². The summed E-state index contributed by atoms with van der Waals surface area (Å²) in [5.41, 5.74) is 0. The molecule has 1 N–H and O–H groups in total. The van der Waals surface area contributed by atoms with E-state index in [0.717, 1.165) is 12.5 Å². The zero-order chi connectivity index (χ0) is 12.9. The largest absolute Gasteiger partial charge is 0.317 e. The quantitative estimate of drug-likeness (QED) is 0.735. The molecule has 17 heavy (non-hydrogen) atoms. The average molecular weight is 262 g/mol. The Balaban J connectivity index is 2.21. The Kier molecular flexibility index (Phi) is 5.89. The molecule has 5 heteroatoms. The van der Waals surface area contributed by atoms with E-state index in [1.54, 1.807) is 0 Å². The third-order valence-corrected chi connectivity index (χ3v) is 4.68. The molecular formula is C12H26N2O2S. The third-order valence-electron chi connectivity index (χ3n) is 3.76. The molecule has 1 saturated carbocycles. The summed E-state index contributed by atoms with van der Waals surface area (Å²) in [5, 5.41) is 3.38. The maximum absolute atomic E-state index is 11.1. The highest BCUT2D eigenvalue weighted by Gasteiger charge is 2.25. The molecule has 0 amide bonds. The molecule has 4 nitrogen and oxygen atoms in total. The molecule has 0 aromatic carbocycles. The van der Waals surface area contributed by atoms with Crippen LogP contribution in [0.2, 0.25) is 0 Å². The Hall–Kier alpha value is -0.130. The van der Waals surface area contributed by atoms with Crippen molar-refractivity contribution < 1.29 is 8.42 Å². The van der Waals surface area contributed by atoms with Crippen LogP contribution >= 0.6 is 0 Å². The Labute approximate surface area is 106 Å². The van der Waals surface area contributed by atoms with E-state index >= 15 is 0 Å². The van der Waals surface area contributed by atoms with Gasteiger partial charge in [-0.05, 0) is 45.8 Å². The third kappa shape index (κ3) is 5.84. The molecule has 1 rings (SSSR count). The zero-order valence-electron chi connectivity index (χ0n) is 11.3.